The van der Waals surface area contributed by atoms with E-state index in [0.29, 0.717) is 19.5 Å². The lowest BCUT2D eigenvalue weighted by Crippen LogP contribution is -2.41. The van der Waals surface area contributed by atoms with Gasteiger partial charge in [0.25, 0.3) is 10.0 Å². The van der Waals surface area contributed by atoms with Gasteiger partial charge in [0.05, 0.1) is 12.4 Å². The van der Waals surface area contributed by atoms with Crippen LogP contribution in [0, 0.1) is 0 Å². The highest BCUT2D eigenvalue weighted by Crippen LogP contribution is 2.26. The first kappa shape index (κ1) is 16.5. The lowest BCUT2D eigenvalue weighted by Gasteiger charge is -2.29. The van der Waals surface area contributed by atoms with Crippen LogP contribution < -0.4 is 0 Å². The van der Waals surface area contributed by atoms with Crippen molar-refractivity contribution in [2.45, 2.75) is 69.7 Å². The minimum Gasteiger partial charge on any atom is -0.393 e. The Morgan fingerprint density at radius 2 is 2.19 bits per heavy atom. The summed E-state index contributed by atoms with van der Waals surface area (Å²) in [6.07, 6.45) is 6.82. The third-order valence-electron chi connectivity index (χ3n) is 3.98. The molecule has 2 heterocycles. The Hall–Kier alpha value is -0.920. The third-order valence-corrected chi connectivity index (χ3v) is 5.82. The van der Waals surface area contributed by atoms with Gasteiger partial charge >= 0.3 is 0 Å². The lowest BCUT2D eigenvalue weighted by molar-refractivity contribution is 0.147. The summed E-state index contributed by atoms with van der Waals surface area (Å²) < 4.78 is 29.0. The summed E-state index contributed by atoms with van der Waals surface area (Å²) in [4.78, 5) is 4.05. The van der Waals surface area contributed by atoms with E-state index in [1.165, 1.54) is 0 Å². The monoisotopic (exact) mass is 315 g/mol. The minimum atomic E-state index is -3.58. The van der Waals surface area contributed by atoms with Gasteiger partial charge < -0.3 is 9.67 Å². The standard InChI is InChI=1S/C14H25N3O3S/c1-3-16-10-14(15-11-16)21(19,20)17-8-6-4-5-7-13(17)9-12(2)18/h10-13,18H,3-9H2,1-2H3. The molecule has 1 aromatic heterocycles. The average molecular weight is 315 g/mol. The normalized spacial score (nSPS) is 22.9. The van der Waals surface area contributed by atoms with Crippen molar-refractivity contribution in [1.82, 2.24) is 13.9 Å². The number of aromatic nitrogens is 2. The number of aliphatic hydroxyl groups excluding tert-OH is 1. The van der Waals surface area contributed by atoms with Crippen LogP contribution in [0.1, 0.15) is 46.0 Å². The van der Waals surface area contributed by atoms with Crippen molar-refractivity contribution in [3.63, 3.8) is 0 Å². The Morgan fingerprint density at radius 1 is 1.43 bits per heavy atom. The van der Waals surface area contributed by atoms with Crippen LogP contribution in [-0.2, 0) is 16.6 Å². The highest BCUT2D eigenvalue weighted by atomic mass is 32.2. The molecule has 0 aromatic carbocycles. The maximum Gasteiger partial charge on any atom is 0.262 e. The maximum absolute atomic E-state index is 12.8. The summed E-state index contributed by atoms with van der Waals surface area (Å²) >= 11 is 0. The predicted octanol–water partition coefficient (Wildman–Crippen LogP) is 1.61. The summed E-state index contributed by atoms with van der Waals surface area (Å²) in [5.74, 6) is 0. The fourth-order valence-electron chi connectivity index (χ4n) is 2.86. The van der Waals surface area contributed by atoms with Crippen molar-refractivity contribution in [1.29, 1.82) is 0 Å². The predicted molar refractivity (Wildman–Crippen MR) is 80.3 cm³/mol. The van der Waals surface area contributed by atoms with E-state index in [9.17, 15) is 13.5 Å². The zero-order chi connectivity index (χ0) is 15.5. The maximum atomic E-state index is 12.8. The smallest absolute Gasteiger partial charge is 0.262 e. The molecule has 0 saturated carbocycles. The highest BCUT2D eigenvalue weighted by Gasteiger charge is 2.34. The summed E-state index contributed by atoms with van der Waals surface area (Å²) in [5, 5.41) is 9.76. The summed E-state index contributed by atoms with van der Waals surface area (Å²) in [7, 11) is -3.58. The largest absolute Gasteiger partial charge is 0.393 e. The molecule has 7 heteroatoms. The van der Waals surface area contributed by atoms with Crippen LogP contribution in [0.25, 0.3) is 0 Å². The summed E-state index contributed by atoms with van der Waals surface area (Å²) in [5.41, 5.74) is 0. The topological polar surface area (TPSA) is 75.4 Å². The Balaban J connectivity index is 2.29. The van der Waals surface area contributed by atoms with Crippen molar-refractivity contribution in [2.75, 3.05) is 6.54 Å². The van der Waals surface area contributed by atoms with Crippen molar-refractivity contribution in [3.8, 4) is 0 Å². The molecule has 2 rings (SSSR count). The summed E-state index contributed by atoms with van der Waals surface area (Å²) in [6, 6.07) is -0.135. The minimum absolute atomic E-state index is 0.113. The molecule has 1 saturated heterocycles. The molecule has 21 heavy (non-hydrogen) atoms. The second kappa shape index (κ2) is 6.89. The second-order valence-electron chi connectivity index (χ2n) is 5.75. The molecule has 120 valence electrons. The van der Waals surface area contributed by atoms with Crippen LogP contribution in [0.15, 0.2) is 17.6 Å². The molecule has 1 fully saturated rings. The van der Waals surface area contributed by atoms with Gasteiger partial charge in [0.1, 0.15) is 0 Å². The molecule has 0 spiro atoms. The first-order valence-electron chi connectivity index (χ1n) is 7.66. The molecular formula is C14H25N3O3S. The number of nitrogens with zero attached hydrogens (tertiary/aromatic N) is 3. The summed E-state index contributed by atoms with van der Waals surface area (Å²) in [6.45, 7) is 4.86. The molecule has 6 nitrogen and oxygen atoms in total. The quantitative estimate of drug-likeness (QED) is 0.895. The Morgan fingerprint density at radius 3 is 2.81 bits per heavy atom. The van der Waals surface area contributed by atoms with Gasteiger partial charge in [-0.05, 0) is 33.1 Å². The van der Waals surface area contributed by atoms with E-state index in [2.05, 4.69) is 4.98 Å². The van der Waals surface area contributed by atoms with E-state index in [-0.39, 0.29) is 11.1 Å². The Labute approximate surface area is 126 Å². The molecule has 0 amide bonds. The molecule has 1 aromatic rings. The Bertz CT molecular complexity index is 554. The van der Waals surface area contributed by atoms with Crippen molar-refractivity contribution in [3.05, 3.63) is 12.5 Å². The van der Waals surface area contributed by atoms with Gasteiger partial charge in [-0.2, -0.15) is 4.31 Å². The first-order valence-corrected chi connectivity index (χ1v) is 9.11. The lowest BCUT2D eigenvalue weighted by atomic mass is 10.1. The number of aryl methyl sites for hydroxylation is 1. The number of rotatable bonds is 5. The van der Waals surface area contributed by atoms with Crippen LogP contribution in [0.5, 0.6) is 0 Å². The number of hydrogen-bond acceptors (Lipinski definition) is 4. The number of imidazole rings is 1. The van der Waals surface area contributed by atoms with Crippen molar-refractivity contribution >= 4 is 10.0 Å². The zero-order valence-electron chi connectivity index (χ0n) is 12.8. The molecule has 0 radical (unpaired) electrons. The van der Waals surface area contributed by atoms with E-state index in [4.69, 9.17) is 0 Å². The number of sulfonamides is 1. The molecule has 2 unspecified atom stereocenters. The van der Waals surface area contributed by atoms with Gasteiger partial charge in [0.2, 0.25) is 0 Å². The molecular weight excluding hydrogens is 290 g/mol. The van der Waals surface area contributed by atoms with Crippen LogP contribution >= 0.6 is 0 Å². The van der Waals surface area contributed by atoms with Gasteiger partial charge in [-0.1, -0.05) is 12.8 Å². The Kier molecular flexibility index (Phi) is 5.40. The van der Waals surface area contributed by atoms with Crippen molar-refractivity contribution in [2.24, 2.45) is 0 Å². The van der Waals surface area contributed by atoms with E-state index in [1.807, 2.05) is 6.92 Å². The zero-order valence-corrected chi connectivity index (χ0v) is 13.6. The molecule has 1 aliphatic rings. The second-order valence-corrected chi connectivity index (χ2v) is 7.58. The molecule has 0 bridgehead atoms. The first-order chi connectivity index (χ1) is 9.95. The van der Waals surface area contributed by atoms with E-state index >= 15 is 0 Å². The molecule has 1 N–H and O–H groups in total. The molecule has 1 aliphatic heterocycles. The van der Waals surface area contributed by atoms with Crippen LogP contribution in [-0.4, -0.2) is 46.1 Å². The van der Waals surface area contributed by atoms with Gasteiger partial charge in [-0.15, -0.1) is 0 Å². The van der Waals surface area contributed by atoms with Crippen LogP contribution in [0.4, 0.5) is 0 Å². The van der Waals surface area contributed by atoms with Crippen LogP contribution in [0.2, 0.25) is 0 Å². The van der Waals surface area contributed by atoms with E-state index in [1.54, 1.807) is 28.3 Å². The van der Waals surface area contributed by atoms with Gasteiger partial charge in [-0.25, -0.2) is 13.4 Å². The number of aliphatic hydroxyl groups is 1. The number of hydrogen-bond donors (Lipinski definition) is 1. The SMILES string of the molecule is CCn1cnc(S(=O)(=O)N2CCCCCC2CC(C)O)c1. The van der Waals surface area contributed by atoms with Gasteiger partial charge in [0.15, 0.2) is 5.03 Å². The average Bonchev–Trinajstić information content (AvgIpc) is 2.80. The van der Waals surface area contributed by atoms with E-state index in [0.717, 1.165) is 25.7 Å². The highest BCUT2D eigenvalue weighted by molar-refractivity contribution is 7.89. The fraction of sp³-hybridized carbons (Fsp3) is 0.786. The van der Waals surface area contributed by atoms with Crippen molar-refractivity contribution < 1.29 is 13.5 Å². The molecule has 2 atom stereocenters. The van der Waals surface area contributed by atoms with Gasteiger partial charge in [0, 0.05) is 25.3 Å². The van der Waals surface area contributed by atoms with E-state index < -0.39 is 16.1 Å². The third kappa shape index (κ3) is 3.84. The van der Waals surface area contributed by atoms with Crippen LogP contribution in [0.3, 0.4) is 0 Å². The molecule has 0 aliphatic carbocycles. The van der Waals surface area contributed by atoms with Gasteiger partial charge in [-0.3, -0.25) is 0 Å². The fourth-order valence-corrected chi connectivity index (χ4v) is 4.51.